The first-order valence-corrected chi connectivity index (χ1v) is 7.69. The quantitative estimate of drug-likeness (QED) is 0.727. The minimum absolute atomic E-state index is 0.0149. The molecule has 0 fully saturated rings. The Hall–Kier alpha value is -3.02. The largest absolute Gasteiger partial charge is 0.484 e. The Morgan fingerprint density at radius 2 is 2.08 bits per heavy atom. The second kappa shape index (κ2) is 7.04. The fourth-order valence-electron chi connectivity index (χ4n) is 2.41. The van der Waals surface area contributed by atoms with Crippen LogP contribution in [0.15, 0.2) is 51.7 Å². The van der Waals surface area contributed by atoms with Crippen LogP contribution in [0.5, 0.6) is 5.75 Å². The number of aromatic amines is 1. The maximum Gasteiger partial charge on any atom is 0.417 e. The summed E-state index contributed by atoms with van der Waals surface area (Å²) in [5.41, 5.74) is 3.18. The van der Waals surface area contributed by atoms with Crippen molar-refractivity contribution in [3.05, 3.63) is 64.1 Å². The Balaban J connectivity index is 1.47. The number of nitrogens with one attached hydrogen (secondary N) is 2. The van der Waals surface area contributed by atoms with E-state index in [-0.39, 0.29) is 12.5 Å². The molecule has 1 amide bonds. The van der Waals surface area contributed by atoms with Gasteiger partial charge in [-0.2, -0.15) is 0 Å². The lowest BCUT2D eigenvalue weighted by atomic mass is 10.1. The molecule has 0 aliphatic carbocycles. The Labute approximate surface area is 138 Å². The lowest BCUT2D eigenvalue weighted by molar-refractivity contribution is -0.123. The Bertz CT molecular complexity index is 911. The van der Waals surface area contributed by atoms with Gasteiger partial charge < -0.3 is 14.5 Å². The van der Waals surface area contributed by atoms with E-state index in [0.29, 0.717) is 29.8 Å². The van der Waals surface area contributed by atoms with E-state index < -0.39 is 5.76 Å². The van der Waals surface area contributed by atoms with Crippen LogP contribution in [0.2, 0.25) is 0 Å². The van der Waals surface area contributed by atoms with E-state index in [4.69, 9.17) is 9.15 Å². The molecule has 0 aliphatic rings. The molecule has 6 heteroatoms. The predicted octanol–water partition coefficient (Wildman–Crippen LogP) is 2.17. The molecule has 6 nitrogen and oxygen atoms in total. The van der Waals surface area contributed by atoms with Crippen molar-refractivity contribution in [2.24, 2.45) is 0 Å². The number of H-pyrrole nitrogens is 1. The summed E-state index contributed by atoms with van der Waals surface area (Å²) >= 11 is 0. The molecular formula is C18H18N2O4. The van der Waals surface area contributed by atoms with Gasteiger partial charge in [-0.3, -0.25) is 9.78 Å². The van der Waals surface area contributed by atoms with E-state index >= 15 is 0 Å². The minimum atomic E-state index is -0.469. The number of amides is 1. The van der Waals surface area contributed by atoms with Crippen molar-refractivity contribution in [2.45, 2.75) is 13.3 Å². The predicted molar refractivity (Wildman–Crippen MR) is 90.2 cm³/mol. The molecule has 24 heavy (non-hydrogen) atoms. The van der Waals surface area contributed by atoms with Gasteiger partial charge in [0.15, 0.2) is 12.2 Å². The van der Waals surface area contributed by atoms with Gasteiger partial charge in [0.1, 0.15) is 5.75 Å². The Morgan fingerprint density at radius 1 is 1.25 bits per heavy atom. The molecule has 2 aromatic carbocycles. The van der Waals surface area contributed by atoms with Gasteiger partial charge in [0.05, 0.1) is 5.52 Å². The number of para-hydroxylation sites is 1. The van der Waals surface area contributed by atoms with E-state index in [1.807, 2.05) is 43.3 Å². The van der Waals surface area contributed by atoms with Crippen molar-refractivity contribution >= 4 is 17.0 Å². The molecule has 1 heterocycles. The highest BCUT2D eigenvalue weighted by molar-refractivity contribution is 5.77. The molecule has 0 radical (unpaired) electrons. The second-order valence-corrected chi connectivity index (χ2v) is 5.50. The van der Waals surface area contributed by atoms with Gasteiger partial charge in [0.25, 0.3) is 5.91 Å². The maximum atomic E-state index is 11.8. The molecule has 0 unspecified atom stereocenters. The average Bonchev–Trinajstić information content (AvgIpc) is 2.93. The number of oxazole rings is 1. The Morgan fingerprint density at radius 3 is 2.92 bits per heavy atom. The number of hydrogen-bond acceptors (Lipinski definition) is 4. The van der Waals surface area contributed by atoms with Crippen LogP contribution in [0, 0.1) is 6.92 Å². The number of fused-ring (bicyclic) bond motifs is 1. The van der Waals surface area contributed by atoms with E-state index in [1.54, 1.807) is 6.07 Å². The number of rotatable bonds is 6. The Kier molecular flexibility index (Phi) is 4.65. The van der Waals surface area contributed by atoms with Crippen LogP contribution in [-0.2, 0) is 11.2 Å². The van der Waals surface area contributed by atoms with E-state index in [1.165, 1.54) is 0 Å². The summed E-state index contributed by atoms with van der Waals surface area (Å²) in [5.74, 6) is 0.0712. The van der Waals surface area contributed by atoms with Gasteiger partial charge in [-0.1, -0.05) is 24.3 Å². The number of ether oxygens (including phenoxy) is 1. The molecule has 0 atom stereocenters. The summed E-state index contributed by atoms with van der Waals surface area (Å²) in [4.78, 5) is 25.6. The van der Waals surface area contributed by atoms with Gasteiger partial charge in [-0.05, 0) is 42.7 Å². The van der Waals surface area contributed by atoms with E-state index in [2.05, 4.69) is 10.3 Å². The molecule has 1 aromatic heterocycles. The third kappa shape index (κ3) is 3.84. The SMILES string of the molecule is Cc1ccccc1OCC(=O)NCCc1ccc2oc(=O)[nH]c2c1. The first kappa shape index (κ1) is 15.9. The highest BCUT2D eigenvalue weighted by Crippen LogP contribution is 2.15. The molecule has 2 N–H and O–H groups in total. The average molecular weight is 326 g/mol. The van der Waals surface area contributed by atoms with Gasteiger partial charge in [0, 0.05) is 6.54 Å². The molecule has 0 saturated carbocycles. The van der Waals surface area contributed by atoms with E-state index in [9.17, 15) is 9.59 Å². The topological polar surface area (TPSA) is 84.3 Å². The molecule has 124 valence electrons. The first-order chi connectivity index (χ1) is 11.6. The highest BCUT2D eigenvalue weighted by Gasteiger charge is 2.05. The van der Waals surface area contributed by atoms with Crippen LogP contribution in [0.3, 0.4) is 0 Å². The standard InChI is InChI=1S/C18H18N2O4/c1-12-4-2-3-5-15(12)23-11-17(21)19-9-8-13-6-7-16-14(10-13)20-18(22)24-16/h2-7,10H,8-9,11H2,1H3,(H,19,21)(H,20,22). The normalized spacial score (nSPS) is 10.7. The number of hydrogen-bond donors (Lipinski definition) is 2. The zero-order valence-corrected chi connectivity index (χ0v) is 13.3. The van der Waals surface area contributed by atoms with Crippen molar-refractivity contribution in [1.29, 1.82) is 0 Å². The van der Waals surface area contributed by atoms with Crippen molar-refractivity contribution in [1.82, 2.24) is 10.3 Å². The number of benzene rings is 2. The van der Waals surface area contributed by atoms with Crippen molar-refractivity contribution in [3.8, 4) is 5.75 Å². The van der Waals surface area contributed by atoms with Crippen molar-refractivity contribution in [2.75, 3.05) is 13.2 Å². The van der Waals surface area contributed by atoms with Crippen molar-refractivity contribution in [3.63, 3.8) is 0 Å². The van der Waals surface area contributed by atoms with E-state index in [0.717, 1.165) is 11.1 Å². The molecule has 3 aromatic rings. The second-order valence-electron chi connectivity index (χ2n) is 5.50. The fourth-order valence-corrected chi connectivity index (χ4v) is 2.41. The van der Waals surface area contributed by atoms with Gasteiger partial charge in [0.2, 0.25) is 0 Å². The number of aryl methyl sites for hydroxylation is 1. The number of carbonyl (C=O) groups excluding carboxylic acids is 1. The van der Waals surface area contributed by atoms with Crippen LogP contribution in [-0.4, -0.2) is 24.0 Å². The highest BCUT2D eigenvalue weighted by atomic mass is 16.5. The zero-order chi connectivity index (χ0) is 16.9. The number of aromatic nitrogens is 1. The number of carbonyl (C=O) groups is 1. The molecule has 0 bridgehead atoms. The first-order valence-electron chi connectivity index (χ1n) is 7.69. The molecule has 0 saturated heterocycles. The lowest BCUT2D eigenvalue weighted by Crippen LogP contribution is -2.30. The van der Waals surface area contributed by atoms with Gasteiger partial charge >= 0.3 is 5.76 Å². The fraction of sp³-hybridized carbons (Fsp3) is 0.222. The summed E-state index contributed by atoms with van der Waals surface area (Å²) in [7, 11) is 0. The third-order valence-electron chi connectivity index (χ3n) is 3.67. The van der Waals surface area contributed by atoms with Crippen LogP contribution in [0.25, 0.3) is 11.1 Å². The molecule has 3 rings (SSSR count). The van der Waals surface area contributed by atoms with Crippen LogP contribution >= 0.6 is 0 Å². The molecule has 0 spiro atoms. The third-order valence-corrected chi connectivity index (χ3v) is 3.67. The van der Waals surface area contributed by atoms with Crippen LogP contribution < -0.4 is 15.8 Å². The summed E-state index contributed by atoms with van der Waals surface area (Å²) in [6, 6.07) is 13.0. The summed E-state index contributed by atoms with van der Waals surface area (Å²) in [5, 5.41) is 2.81. The molecular weight excluding hydrogens is 308 g/mol. The van der Waals surface area contributed by atoms with Gasteiger partial charge in [-0.25, -0.2) is 4.79 Å². The van der Waals surface area contributed by atoms with Crippen LogP contribution in [0.4, 0.5) is 0 Å². The monoisotopic (exact) mass is 326 g/mol. The zero-order valence-electron chi connectivity index (χ0n) is 13.3. The summed E-state index contributed by atoms with van der Waals surface area (Å²) in [6.45, 7) is 2.41. The van der Waals surface area contributed by atoms with Crippen molar-refractivity contribution < 1.29 is 13.9 Å². The smallest absolute Gasteiger partial charge is 0.417 e. The minimum Gasteiger partial charge on any atom is -0.484 e. The lowest BCUT2D eigenvalue weighted by Gasteiger charge is -2.09. The van der Waals surface area contributed by atoms with Crippen LogP contribution in [0.1, 0.15) is 11.1 Å². The molecule has 0 aliphatic heterocycles. The van der Waals surface area contributed by atoms with Gasteiger partial charge in [-0.15, -0.1) is 0 Å². The summed E-state index contributed by atoms with van der Waals surface area (Å²) < 4.78 is 10.4. The summed E-state index contributed by atoms with van der Waals surface area (Å²) in [6.07, 6.45) is 0.652. The maximum absolute atomic E-state index is 11.8.